The average Bonchev–Trinajstić information content (AvgIpc) is 2.39. The number of hydrogen-bond donors (Lipinski definition) is 1. The smallest absolute Gasteiger partial charge is 0.204 e. The first-order valence-corrected chi connectivity index (χ1v) is 5.04. The minimum Gasteiger partial charge on any atom is -0.448 e. The minimum atomic E-state index is -0.438. The number of benzene rings is 1. The fourth-order valence-corrected chi connectivity index (χ4v) is 1.79. The monoisotopic (exact) mass is 226 g/mol. The van der Waals surface area contributed by atoms with Crippen LogP contribution in [0.25, 0.3) is 0 Å². The Labute approximate surface area is 98.6 Å². The van der Waals surface area contributed by atoms with Crippen molar-refractivity contribution in [3.63, 3.8) is 0 Å². The van der Waals surface area contributed by atoms with E-state index in [0.29, 0.717) is 11.9 Å². The van der Waals surface area contributed by atoms with Crippen LogP contribution in [-0.2, 0) is 9.53 Å². The molecule has 4 nitrogen and oxygen atoms in total. The first-order valence-electron chi connectivity index (χ1n) is 5.04. The number of hydrogen-bond acceptors (Lipinski definition) is 4. The minimum absolute atomic E-state index is 0.0481. The summed E-state index contributed by atoms with van der Waals surface area (Å²) in [6.45, 7) is 0. The van der Waals surface area contributed by atoms with Crippen molar-refractivity contribution in [2.24, 2.45) is 5.73 Å². The molecule has 1 aliphatic rings. The number of allylic oxidation sites excluding steroid dienone is 2. The summed E-state index contributed by atoms with van der Waals surface area (Å²) in [5.74, 6) is -0.389. The Morgan fingerprint density at radius 2 is 2.06 bits per heavy atom. The van der Waals surface area contributed by atoms with Gasteiger partial charge in [-0.05, 0) is 5.56 Å². The van der Waals surface area contributed by atoms with E-state index in [-0.39, 0.29) is 11.5 Å². The second-order valence-corrected chi connectivity index (χ2v) is 3.59. The molecule has 1 aromatic rings. The van der Waals surface area contributed by atoms with Gasteiger partial charge in [0.1, 0.15) is 24.2 Å². The van der Waals surface area contributed by atoms with Gasteiger partial charge in [-0.3, -0.25) is 4.79 Å². The molecular formula is C13H10N2O2. The van der Waals surface area contributed by atoms with Crippen LogP contribution in [0.15, 0.2) is 53.6 Å². The van der Waals surface area contributed by atoms with Gasteiger partial charge in [0.2, 0.25) is 5.88 Å². The van der Waals surface area contributed by atoms with Gasteiger partial charge in [-0.15, -0.1) is 0 Å². The average molecular weight is 226 g/mol. The summed E-state index contributed by atoms with van der Waals surface area (Å²) in [5, 5.41) is 9.10. The number of carbonyl (C=O) groups excluding carboxylic acids is 1. The summed E-state index contributed by atoms with van der Waals surface area (Å²) >= 11 is 0. The SMILES string of the molecule is N#CC1=C(N)OC=C(C=O)C1c1ccccc1. The van der Waals surface area contributed by atoms with Gasteiger partial charge in [0.15, 0.2) is 0 Å². The summed E-state index contributed by atoms with van der Waals surface area (Å²) in [6.07, 6.45) is 1.97. The third-order valence-electron chi connectivity index (χ3n) is 2.60. The van der Waals surface area contributed by atoms with E-state index in [9.17, 15) is 4.79 Å². The Balaban J connectivity index is 2.53. The van der Waals surface area contributed by atoms with Crippen molar-refractivity contribution in [1.82, 2.24) is 0 Å². The maximum absolute atomic E-state index is 11.0. The molecule has 4 heteroatoms. The van der Waals surface area contributed by atoms with Crippen molar-refractivity contribution in [3.8, 4) is 6.07 Å². The molecule has 1 heterocycles. The van der Waals surface area contributed by atoms with Crippen LogP contribution < -0.4 is 5.73 Å². The maximum atomic E-state index is 11.0. The molecule has 0 fully saturated rings. The van der Waals surface area contributed by atoms with E-state index in [1.807, 2.05) is 36.4 Å². The lowest BCUT2D eigenvalue weighted by atomic mass is 9.85. The second kappa shape index (κ2) is 4.54. The van der Waals surface area contributed by atoms with Gasteiger partial charge in [-0.1, -0.05) is 30.3 Å². The number of nitrogens with two attached hydrogens (primary N) is 1. The van der Waals surface area contributed by atoms with E-state index in [1.54, 1.807) is 0 Å². The predicted molar refractivity (Wildman–Crippen MR) is 61.2 cm³/mol. The molecule has 0 aliphatic carbocycles. The van der Waals surface area contributed by atoms with Gasteiger partial charge in [0.05, 0.1) is 5.92 Å². The molecule has 1 aromatic carbocycles. The lowest BCUT2D eigenvalue weighted by Gasteiger charge is -2.21. The van der Waals surface area contributed by atoms with E-state index in [0.717, 1.165) is 5.56 Å². The van der Waals surface area contributed by atoms with Gasteiger partial charge in [0.25, 0.3) is 0 Å². The molecule has 0 aromatic heterocycles. The maximum Gasteiger partial charge on any atom is 0.204 e. The number of aldehydes is 1. The van der Waals surface area contributed by atoms with Crippen LogP contribution in [-0.4, -0.2) is 6.29 Å². The zero-order valence-electron chi connectivity index (χ0n) is 8.96. The first kappa shape index (κ1) is 11.0. The topological polar surface area (TPSA) is 76.1 Å². The van der Waals surface area contributed by atoms with Crippen LogP contribution in [0.5, 0.6) is 0 Å². The lowest BCUT2D eigenvalue weighted by molar-refractivity contribution is -0.105. The highest BCUT2D eigenvalue weighted by Gasteiger charge is 2.28. The third-order valence-corrected chi connectivity index (χ3v) is 2.60. The Morgan fingerprint density at radius 3 is 2.65 bits per heavy atom. The van der Waals surface area contributed by atoms with Gasteiger partial charge in [-0.25, -0.2) is 0 Å². The molecule has 2 N–H and O–H groups in total. The fraction of sp³-hybridized carbons (Fsp3) is 0.0769. The Hall–Kier alpha value is -2.54. The third kappa shape index (κ3) is 1.91. The summed E-state index contributed by atoms with van der Waals surface area (Å²) < 4.78 is 4.98. The van der Waals surface area contributed by atoms with Crippen molar-refractivity contribution < 1.29 is 9.53 Å². The van der Waals surface area contributed by atoms with E-state index in [2.05, 4.69) is 0 Å². The molecule has 2 rings (SSSR count). The Bertz CT molecular complexity index is 538. The largest absolute Gasteiger partial charge is 0.448 e. The van der Waals surface area contributed by atoms with E-state index < -0.39 is 5.92 Å². The van der Waals surface area contributed by atoms with Crippen LogP contribution in [0.4, 0.5) is 0 Å². The molecule has 1 aliphatic heterocycles. The van der Waals surface area contributed by atoms with Crippen LogP contribution in [0.2, 0.25) is 0 Å². The lowest BCUT2D eigenvalue weighted by Crippen LogP contribution is -2.17. The summed E-state index contributed by atoms with van der Waals surface area (Å²) in [6, 6.07) is 11.2. The van der Waals surface area contributed by atoms with Crippen molar-refractivity contribution >= 4 is 6.29 Å². The molecule has 1 unspecified atom stereocenters. The predicted octanol–water partition coefficient (Wildman–Crippen LogP) is 1.58. The van der Waals surface area contributed by atoms with Gasteiger partial charge >= 0.3 is 0 Å². The molecule has 17 heavy (non-hydrogen) atoms. The summed E-state index contributed by atoms with van der Waals surface area (Å²) in [7, 11) is 0. The Kier molecular flexibility index (Phi) is 2.93. The molecule has 0 bridgehead atoms. The number of carbonyl (C=O) groups is 1. The number of rotatable bonds is 2. The van der Waals surface area contributed by atoms with Crippen LogP contribution >= 0.6 is 0 Å². The number of nitriles is 1. The van der Waals surface area contributed by atoms with Gasteiger partial charge in [0, 0.05) is 5.57 Å². The van der Waals surface area contributed by atoms with Crippen LogP contribution in [0.1, 0.15) is 11.5 Å². The highest BCUT2D eigenvalue weighted by atomic mass is 16.5. The Morgan fingerprint density at radius 1 is 1.35 bits per heavy atom. The normalized spacial score (nSPS) is 19.0. The van der Waals surface area contributed by atoms with Crippen LogP contribution in [0.3, 0.4) is 0 Å². The molecule has 0 saturated carbocycles. The molecule has 0 spiro atoms. The highest BCUT2D eigenvalue weighted by Crippen LogP contribution is 2.34. The molecule has 0 amide bonds. The zero-order valence-corrected chi connectivity index (χ0v) is 8.96. The second-order valence-electron chi connectivity index (χ2n) is 3.59. The number of nitrogens with zero attached hydrogens (tertiary/aromatic N) is 1. The van der Waals surface area contributed by atoms with Gasteiger partial charge in [-0.2, -0.15) is 5.26 Å². The standard InChI is InChI=1S/C13H10N2O2/c14-6-11-12(9-4-2-1-3-5-9)10(7-16)8-17-13(11)15/h1-5,7-8,12H,15H2. The first-order chi connectivity index (χ1) is 8.27. The number of ether oxygens (including phenoxy) is 1. The van der Waals surface area contributed by atoms with E-state index >= 15 is 0 Å². The molecule has 1 atom stereocenters. The summed E-state index contributed by atoms with van der Waals surface area (Å²) in [5.41, 5.74) is 7.11. The van der Waals surface area contributed by atoms with Crippen molar-refractivity contribution in [2.75, 3.05) is 0 Å². The zero-order chi connectivity index (χ0) is 12.3. The van der Waals surface area contributed by atoms with Crippen LogP contribution in [0, 0.1) is 11.3 Å². The fourth-order valence-electron chi connectivity index (χ4n) is 1.79. The summed E-state index contributed by atoms with van der Waals surface area (Å²) in [4.78, 5) is 11.0. The molecule has 0 saturated heterocycles. The molecular weight excluding hydrogens is 216 g/mol. The van der Waals surface area contributed by atoms with Gasteiger partial charge < -0.3 is 10.5 Å². The highest BCUT2D eigenvalue weighted by molar-refractivity contribution is 5.78. The molecule has 84 valence electrons. The van der Waals surface area contributed by atoms with E-state index in [4.69, 9.17) is 15.7 Å². The van der Waals surface area contributed by atoms with E-state index in [1.165, 1.54) is 6.26 Å². The van der Waals surface area contributed by atoms with Crippen molar-refractivity contribution in [1.29, 1.82) is 5.26 Å². The molecule has 0 radical (unpaired) electrons. The van der Waals surface area contributed by atoms with Crippen molar-refractivity contribution in [3.05, 3.63) is 59.2 Å². The van der Waals surface area contributed by atoms with Crippen molar-refractivity contribution in [2.45, 2.75) is 5.92 Å². The quantitative estimate of drug-likeness (QED) is 0.776.